The van der Waals surface area contributed by atoms with Crippen LogP contribution in [0.2, 0.25) is 10.1 Å². The number of hydrogen-bond donors (Lipinski definition) is 0. The second-order valence-electron chi connectivity index (χ2n) is 10.9. The molecule has 0 unspecified atom stereocenters. The zero-order valence-electron chi connectivity index (χ0n) is 23.1. The summed E-state index contributed by atoms with van der Waals surface area (Å²) in [6, 6.07) is 7.56. The number of benzene rings is 1. The first-order valence-corrected chi connectivity index (χ1v) is 13.1. The first kappa shape index (κ1) is 32.7. The molecule has 0 heterocycles. The molecule has 173 valence electrons. The molecule has 0 aliphatic carbocycles. The molecule has 0 bridgehead atoms. The van der Waals surface area contributed by atoms with Crippen LogP contribution in [0.1, 0.15) is 88.8 Å². The van der Waals surface area contributed by atoms with Crippen molar-refractivity contribution in [3.8, 4) is 0 Å². The number of aryl methyl sites for hydroxylation is 2. The van der Waals surface area contributed by atoms with Crippen LogP contribution in [0.5, 0.6) is 0 Å². The molecule has 0 atom stereocenters. The van der Waals surface area contributed by atoms with Gasteiger partial charge in [-0.05, 0) is 34.0 Å². The Morgan fingerprint density at radius 1 is 0.677 bits per heavy atom. The largest absolute Gasteiger partial charge is 3.00 e. The van der Waals surface area contributed by atoms with Crippen LogP contribution in [0.3, 0.4) is 0 Å². The second kappa shape index (κ2) is 11.1. The maximum Gasteiger partial charge on any atom is 3.00 e. The van der Waals surface area contributed by atoms with Crippen LogP contribution in [-0.2, 0) is 34.6 Å². The second-order valence-corrected chi connectivity index (χ2v) is 16.4. The Labute approximate surface area is 211 Å². The van der Waals surface area contributed by atoms with Crippen LogP contribution in [0.15, 0.2) is 18.2 Å². The van der Waals surface area contributed by atoms with Gasteiger partial charge in [0.25, 0.3) is 0 Å². The summed E-state index contributed by atoms with van der Waals surface area (Å²) in [5.74, 6) is 0. The van der Waals surface area contributed by atoms with Crippen molar-refractivity contribution in [2.24, 2.45) is 0 Å². The van der Waals surface area contributed by atoms with Crippen molar-refractivity contribution in [3.63, 3.8) is 0 Å². The molecule has 2 rings (SSSR count). The molecule has 0 aliphatic heterocycles. The monoisotopic (exact) mass is 473 g/mol. The van der Waals surface area contributed by atoms with Crippen LogP contribution >= 0.6 is 0 Å². The fourth-order valence-corrected chi connectivity index (χ4v) is 14.1. The van der Waals surface area contributed by atoms with E-state index >= 15 is 0 Å². The average molecular weight is 474 g/mol. The summed E-state index contributed by atoms with van der Waals surface area (Å²) >= 11 is 0. The predicted octanol–water partition coefficient (Wildman–Crippen LogP) is 7.83. The smallest absolute Gasteiger partial charge is 0.358 e. The molecule has 0 fully saturated rings. The average Bonchev–Trinajstić information content (AvgIpc) is 2.77. The molecule has 2 aromatic rings. The normalized spacial score (nSPS) is 12.0. The Bertz CT molecular complexity index is 795. The summed E-state index contributed by atoms with van der Waals surface area (Å²) in [4.78, 5) is 0. The predicted molar refractivity (Wildman–Crippen MR) is 143 cm³/mol. The molecule has 0 nitrogen and oxygen atoms in total. The Morgan fingerprint density at radius 2 is 1.00 bits per heavy atom. The Hall–Kier alpha value is -0.499. The van der Waals surface area contributed by atoms with E-state index in [1.165, 1.54) is 22.3 Å². The standard InChI is InChI=1S/C27H43Si.2CH3.Ti/c1-13-22-15-23(14-2)17-24(16-22)28(26(7,8)9,27(10,11)12)25-20(5)18(3)19(4)21(25)6;;;/h15-17H,13-14H2,1-12H3;2*1H3;/q3*-1;+3. The van der Waals surface area contributed by atoms with E-state index in [0.717, 1.165) is 12.8 Å². The third-order valence-electron chi connectivity index (χ3n) is 7.36. The van der Waals surface area contributed by atoms with Crippen LogP contribution in [0, 0.1) is 42.5 Å². The van der Waals surface area contributed by atoms with Gasteiger partial charge in [-0.1, -0.05) is 106 Å². The van der Waals surface area contributed by atoms with Gasteiger partial charge < -0.3 is 14.9 Å². The first-order valence-electron chi connectivity index (χ1n) is 11.1. The summed E-state index contributed by atoms with van der Waals surface area (Å²) in [5, 5.41) is 3.77. The molecule has 0 saturated carbocycles. The Morgan fingerprint density at radius 3 is 1.26 bits per heavy atom. The van der Waals surface area contributed by atoms with Gasteiger partial charge in [-0.25, -0.2) is 0 Å². The maximum absolute atomic E-state index is 2.57. The van der Waals surface area contributed by atoms with E-state index in [9.17, 15) is 0 Å². The van der Waals surface area contributed by atoms with Gasteiger partial charge in [-0.3, -0.25) is 0 Å². The number of rotatable bonds is 4. The van der Waals surface area contributed by atoms with Gasteiger partial charge in [0.15, 0.2) is 0 Å². The molecule has 2 aromatic carbocycles. The van der Waals surface area contributed by atoms with Crippen LogP contribution in [-0.4, -0.2) is 8.07 Å². The summed E-state index contributed by atoms with van der Waals surface area (Å²) in [6.45, 7) is 29.0. The van der Waals surface area contributed by atoms with Gasteiger partial charge in [0.2, 0.25) is 0 Å². The van der Waals surface area contributed by atoms with Gasteiger partial charge in [0.05, 0.1) is 8.07 Å². The third-order valence-corrected chi connectivity index (χ3v) is 14.5. The molecular formula is C29H49SiTi. The van der Waals surface area contributed by atoms with E-state index in [-0.39, 0.29) is 46.6 Å². The van der Waals surface area contributed by atoms with E-state index < -0.39 is 8.07 Å². The molecule has 0 aromatic heterocycles. The van der Waals surface area contributed by atoms with Gasteiger partial charge in [-0.15, -0.1) is 5.19 Å². The fourth-order valence-electron chi connectivity index (χ4n) is 6.05. The van der Waals surface area contributed by atoms with E-state index in [1.54, 1.807) is 21.5 Å². The quantitative estimate of drug-likeness (QED) is 0.314. The Balaban J connectivity index is 0. The summed E-state index contributed by atoms with van der Waals surface area (Å²) in [6.07, 6.45) is 2.22. The Kier molecular flexibility index (Phi) is 11.7. The van der Waals surface area contributed by atoms with Gasteiger partial charge >= 0.3 is 21.7 Å². The van der Waals surface area contributed by atoms with Gasteiger partial charge in [0.1, 0.15) is 0 Å². The topological polar surface area (TPSA) is 0 Å². The minimum atomic E-state index is -2.15. The zero-order chi connectivity index (χ0) is 21.7. The maximum atomic E-state index is 2.57. The van der Waals surface area contributed by atoms with E-state index in [1.807, 2.05) is 0 Å². The molecule has 31 heavy (non-hydrogen) atoms. The van der Waals surface area contributed by atoms with E-state index in [4.69, 9.17) is 0 Å². The molecular weight excluding hydrogens is 424 g/mol. The molecule has 0 aliphatic rings. The summed E-state index contributed by atoms with van der Waals surface area (Å²) < 4.78 is 0. The molecule has 2 heteroatoms. The molecule has 1 radical (unpaired) electrons. The molecule has 0 spiro atoms. The molecule has 0 N–H and O–H groups in total. The van der Waals surface area contributed by atoms with E-state index in [2.05, 4.69) is 101 Å². The van der Waals surface area contributed by atoms with E-state index in [0.29, 0.717) is 0 Å². The minimum Gasteiger partial charge on any atom is -0.358 e. The third kappa shape index (κ3) is 5.20. The summed E-state index contributed by atoms with van der Waals surface area (Å²) in [5.41, 5.74) is 9.09. The van der Waals surface area contributed by atoms with Gasteiger partial charge in [0, 0.05) is 0 Å². The van der Waals surface area contributed by atoms with Crippen LogP contribution in [0.4, 0.5) is 0 Å². The van der Waals surface area contributed by atoms with Crippen molar-refractivity contribution < 1.29 is 21.7 Å². The van der Waals surface area contributed by atoms with Crippen molar-refractivity contribution in [3.05, 3.63) is 66.4 Å². The first-order chi connectivity index (χ1) is 12.7. The summed E-state index contributed by atoms with van der Waals surface area (Å²) in [7, 11) is -2.15. The van der Waals surface area contributed by atoms with Crippen molar-refractivity contribution in [2.75, 3.05) is 0 Å². The van der Waals surface area contributed by atoms with Gasteiger partial charge in [-0.2, -0.15) is 22.3 Å². The molecule has 0 amide bonds. The minimum absolute atomic E-state index is 0. The van der Waals surface area contributed by atoms with Crippen molar-refractivity contribution in [2.45, 2.75) is 106 Å². The SMILES string of the molecule is CCc1cc(CC)cc([Si]([c-]2c(C)c(C)c(C)c2C)(C(C)(C)C)C(C)(C)C)c1.[CH3-].[CH3-].[Ti+3]. The van der Waals surface area contributed by atoms with Crippen molar-refractivity contribution in [1.82, 2.24) is 0 Å². The van der Waals surface area contributed by atoms with Crippen molar-refractivity contribution >= 4 is 18.4 Å². The number of hydrogen-bond acceptors (Lipinski definition) is 0. The van der Waals surface area contributed by atoms with Crippen molar-refractivity contribution in [1.29, 1.82) is 0 Å². The molecule has 0 saturated heterocycles. The fraction of sp³-hybridized carbons (Fsp3) is 0.552. The van der Waals surface area contributed by atoms with Crippen LogP contribution < -0.4 is 10.4 Å². The zero-order valence-corrected chi connectivity index (χ0v) is 25.7. The van der Waals surface area contributed by atoms with Crippen LogP contribution in [0.25, 0.3) is 0 Å².